The minimum Gasteiger partial charge on any atom is -0.489 e. The second-order valence-electron chi connectivity index (χ2n) is 4.90. The smallest absolute Gasteiger partial charge is 0.224 e. The zero-order valence-corrected chi connectivity index (χ0v) is 11.1. The molecule has 4 nitrogen and oxygen atoms in total. The summed E-state index contributed by atoms with van der Waals surface area (Å²) >= 11 is 0. The molecule has 3 rings (SSSR count). The highest BCUT2D eigenvalue weighted by Crippen LogP contribution is 2.27. The first-order valence-corrected chi connectivity index (χ1v) is 6.61. The summed E-state index contributed by atoms with van der Waals surface area (Å²) in [5, 5.41) is 2.86. The number of nitrogens with two attached hydrogens (primary N) is 1. The van der Waals surface area contributed by atoms with Crippen LogP contribution in [-0.2, 0) is 17.8 Å². The first-order valence-electron chi connectivity index (χ1n) is 6.61. The van der Waals surface area contributed by atoms with Crippen LogP contribution in [0.5, 0.6) is 5.75 Å². The van der Waals surface area contributed by atoms with Gasteiger partial charge in [0, 0.05) is 17.8 Å². The fourth-order valence-corrected chi connectivity index (χ4v) is 2.23. The van der Waals surface area contributed by atoms with Crippen molar-refractivity contribution in [3.63, 3.8) is 0 Å². The van der Waals surface area contributed by atoms with Gasteiger partial charge in [-0.05, 0) is 47.9 Å². The second kappa shape index (κ2) is 5.25. The molecule has 0 bridgehead atoms. The van der Waals surface area contributed by atoms with E-state index in [0.29, 0.717) is 13.0 Å². The van der Waals surface area contributed by atoms with Crippen molar-refractivity contribution >= 4 is 17.3 Å². The van der Waals surface area contributed by atoms with E-state index < -0.39 is 0 Å². The van der Waals surface area contributed by atoms with E-state index in [2.05, 4.69) is 5.32 Å². The van der Waals surface area contributed by atoms with Gasteiger partial charge < -0.3 is 15.8 Å². The highest BCUT2D eigenvalue weighted by molar-refractivity contribution is 5.93. The van der Waals surface area contributed by atoms with Gasteiger partial charge in [0.05, 0.1) is 0 Å². The highest BCUT2D eigenvalue weighted by atomic mass is 16.5. The zero-order chi connectivity index (χ0) is 13.9. The van der Waals surface area contributed by atoms with E-state index in [1.165, 1.54) is 0 Å². The van der Waals surface area contributed by atoms with Crippen LogP contribution in [0.2, 0.25) is 0 Å². The lowest BCUT2D eigenvalue weighted by molar-refractivity contribution is -0.116. The van der Waals surface area contributed by atoms with Gasteiger partial charge in [-0.2, -0.15) is 0 Å². The first kappa shape index (κ1) is 12.5. The number of aryl methyl sites for hydroxylation is 1. The summed E-state index contributed by atoms with van der Waals surface area (Å²) in [6.07, 6.45) is 1.30. The molecule has 0 radical (unpaired) electrons. The summed E-state index contributed by atoms with van der Waals surface area (Å²) in [5.74, 6) is 0.893. The van der Waals surface area contributed by atoms with E-state index in [9.17, 15) is 4.79 Å². The van der Waals surface area contributed by atoms with Crippen molar-refractivity contribution in [2.45, 2.75) is 19.4 Å². The van der Waals surface area contributed by atoms with Gasteiger partial charge in [0.2, 0.25) is 5.91 Å². The number of nitrogens with one attached hydrogen (secondary N) is 1. The average Bonchev–Trinajstić information content (AvgIpc) is 2.46. The maximum atomic E-state index is 11.3. The summed E-state index contributed by atoms with van der Waals surface area (Å²) in [4.78, 5) is 11.3. The maximum Gasteiger partial charge on any atom is 0.224 e. The van der Waals surface area contributed by atoms with Crippen molar-refractivity contribution in [3.8, 4) is 5.75 Å². The Bertz CT molecular complexity index is 635. The summed E-state index contributed by atoms with van der Waals surface area (Å²) in [6, 6.07) is 13.4. The van der Waals surface area contributed by atoms with Gasteiger partial charge in [0.25, 0.3) is 0 Å². The molecule has 102 valence electrons. The summed E-state index contributed by atoms with van der Waals surface area (Å²) < 4.78 is 5.77. The summed E-state index contributed by atoms with van der Waals surface area (Å²) in [6.45, 7) is 0.505. The summed E-state index contributed by atoms with van der Waals surface area (Å²) in [5.41, 5.74) is 9.48. The van der Waals surface area contributed by atoms with Crippen molar-refractivity contribution < 1.29 is 9.53 Å². The second-order valence-corrected chi connectivity index (χ2v) is 4.90. The minimum atomic E-state index is 0.0769. The number of anilines is 2. The van der Waals surface area contributed by atoms with Gasteiger partial charge in [-0.25, -0.2) is 0 Å². The Labute approximate surface area is 117 Å². The molecule has 3 N–H and O–H groups in total. The molecule has 2 aromatic rings. The molecule has 0 aromatic heterocycles. The van der Waals surface area contributed by atoms with Crippen LogP contribution in [0.25, 0.3) is 0 Å². The number of carbonyl (C=O) groups excluding carboxylic acids is 1. The molecule has 0 aliphatic carbocycles. The number of hydrogen-bond donors (Lipinski definition) is 2. The molecule has 1 aliphatic heterocycles. The molecule has 0 spiro atoms. The predicted octanol–water partition coefficient (Wildman–Crippen LogP) is 2.73. The van der Waals surface area contributed by atoms with Crippen LogP contribution in [0, 0.1) is 0 Å². The van der Waals surface area contributed by atoms with Gasteiger partial charge in [0.15, 0.2) is 0 Å². The van der Waals surface area contributed by atoms with E-state index in [1.807, 2.05) is 42.5 Å². The third-order valence-corrected chi connectivity index (χ3v) is 3.36. The number of carbonyl (C=O) groups is 1. The van der Waals surface area contributed by atoms with Gasteiger partial charge >= 0.3 is 0 Å². The average molecular weight is 268 g/mol. The maximum absolute atomic E-state index is 11.3. The molecule has 1 amide bonds. The highest BCUT2D eigenvalue weighted by Gasteiger charge is 2.14. The largest absolute Gasteiger partial charge is 0.489 e. The summed E-state index contributed by atoms with van der Waals surface area (Å²) in [7, 11) is 0. The molecule has 0 unspecified atom stereocenters. The molecule has 0 saturated carbocycles. The number of benzene rings is 2. The molecule has 0 fully saturated rings. The van der Waals surface area contributed by atoms with E-state index >= 15 is 0 Å². The predicted molar refractivity (Wildman–Crippen MR) is 78.6 cm³/mol. The minimum absolute atomic E-state index is 0.0769. The quantitative estimate of drug-likeness (QED) is 0.841. The Kier molecular flexibility index (Phi) is 3.29. The molecule has 1 aliphatic rings. The van der Waals surface area contributed by atoms with Crippen molar-refractivity contribution in [1.82, 2.24) is 0 Å². The Balaban J connectivity index is 1.69. The molecule has 0 atom stereocenters. The monoisotopic (exact) mass is 268 g/mol. The van der Waals surface area contributed by atoms with Crippen LogP contribution in [0.4, 0.5) is 11.4 Å². The van der Waals surface area contributed by atoms with Crippen LogP contribution in [-0.4, -0.2) is 5.91 Å². The SMILES string of the molecule is Nc1ccc(COc2ccc3c(c2)CCC(=O)N3)cc1. The van der Waals surface area contributed by atoms with E-state index in [4.69, 9.17) is 10.5 Å². The third-order valence-electron chi connectivity index (χ3n) is 3.36. The van der Waals surface area contributed by atoms with Crippen LogP contribution < -0.4 is 15.8 Å². The Morgan fingerprint density at radius 2 is 1.90 bits per heavy atom. The van der Waals surface area contributed by atoms with E-state index in [-0.39, 0.29) is 5.91 Å². The number of hydrogen-bond acceptors (Lipinski definition) is 3. The topological polar surface area (TPSA) is 64.3 Å². The molecule has 0 saturated heterocycles. The van der Waals surface area contributed by atoms with Crippen LogP contribution in [0.15, 0.2) is 42.5 Å². The van der Waals surface area contributed by atoms with Gasteiger partial charge in [0.1, 0.15) is 12.4 Å². The molecular weight excluding hydrogens is 252 g/mol. The normalized spacial score (nSPS) is 13.5. The Morgan fingerprint density at radius 3 is 2.70 bits per heavy atom. The van der Waals surface area contributed by atoms with E-state index in [1.54, 1.807) is 0 Å². The number of fused-ring (bicyclic) bond motifs is 1. The molecule has 4 heteroatoms. The van der Waals surface area contributed by atoms with Crippen LogP contribution in [0.1, 0.15) is 17.5 Å². The van der Waals surface area contributed by atoms with Gasteiger partial charge in [-0.15, -0.1) is 0 Å². The van der Waals surface area contributed by atoms with Crippen LogP contribution in [0.3, 0.4) is 0 Å². The molecule has 2 aromatic carbocycles. The number of ether oxygens (including phenoxy) is 1. The van der Waals surface area contributed by atoms with Crippen molar-refractivity contribution in [2.24, 2.45) is 0 Å². The number of amides is 1. The molecule has 20 heavy (non-hydrogen) atoms. The zero-order valence-electron chi connectivity index (χ0n) is 11.1. The lowest BCUT2D eigenvalue weighted by Gasteiger charge is -2.17. The van der Waals surface area contributed by atoms with Crippen LogP contribution >= 0.6 is 0 Å². The van der Waals surface area contributed by atoms with Crippen molar-refractivity contribution in [3.05, 3.63) is 53.6 Å². The Hall–Kier alpha value is -2.49. The number of nitrogen functional groups attached to an aromatic ring is 1. The van der Waals surface area contributed by atoms with Crippen molar-refractivity contribution in [1.29, 1.82) is 0 Å². The Morgan fingerprint density at radius 1 is 1.10 bits per heavy atom. The standard InChI is InChI=1S/C16H16N2O2/c17-13-4-1-11(2-5-13)10-20-14-6-7-15-12(9-14)3-8-16(19)18-15/h1-2,4-7,9H,3,8,10,17H2,(H,18,19). The third kappa shape index (κ3) is 2.74. The fraction of sp³-hybridized carbons (Fsp3) is 0.188. The van der Waals surface area contributed by atoms with Crippen molar-refractivity contribution in [2.75, 3.05) is 11.1 Å². The number of rotatable bonds is 3. The fourth-order valence-electron chi connectivity index (χ4n) is 2.23. The van der Waals surface area contributed by atoms with Gasteiger partial charge in [-0.1, -0.05) is 12.1 Å². The molecule has 1 heterocycles. The van der Waals surface area contributed by atoms with Gasteiger partial charge in [-0.3, -0.25) is 4.79 Å². The lowest BCUT2D eigenvalue weighted by Crippen LogP contribution is -2.18. The lowest BCUT2D eigenvalue weighted by atomic mass is 10.0. The van der Waals surface area contributed by atoms with E-state index in [0.717, 1.165) is 34.7 Å². The molecular formula is C16H16N2O2. The first-order chi connectivity index (χ1) is 9.70.